The standard InChI is InChI=1S/C23H34N2O2S/c1-18-15-21(23(3,4)5)16-19(2)22(18)28(26,27)25(14-13-24(6)7)17-20-11-9-8-10-12-20/h8-12,15-16H,13-14,17H2,1-7H3. The van der Waals surface area contributed by atoms with Crippen molar-refractivity contribution < 1.29 is 8.42 Å². The first-order valence-corrected chi connectivity index (χ1v) is 11.2. The van der Waals surface area contributed by atoms with E-state index in [0.717, 1.165) is 22.3 Å². The lowest BCUT2D eigenvalue weighted by molar-refractivity contribution is 0.329. The van der Waals surface area contributed by atoms with E-state index in [9.17, 15) is 8.42 Å². The van der Waals surface area contributed by atoms with Gasteiger partial charge in [0.1, 0.15) is 0 Å². The Morgan fingerprint density at radius 3 is 1.89 bits per heavy atom. The van der Waals surface area contributed by atoms with Crippen LogP contribution in [0.3, 0.4) is 0 Å². The summed E-state index contributed by atoms with van der Waals surface area (Å²) >= 11 is 0. The summed E-state index contributed by atoms with van der Waals surface area (Å²) in [6.07, 6.45) is 0. The molecule has 28 heavy (non-hydrogen) atoms. The van der Waals surface area contributed by atoms with Crippen molar-refractivity contribution in [3.63, 3.8) is 0 Å². The second kappa shape index (κ2) is 8.76. The molecular formula is C23H34N2O2S. The van der Waals surface area contributed by atoms with Crippen LogP contribution in [0.5, 0.6) is 0 Å². The second-order valence-corrected chi connectivity index (χ2v) is 10.7. The smallest absolute Gasteiger partial charge is 0.243 e. The molecule has 0 aliphatic heterocycles. The second-order valence-electron chi connectivity index (χ2n) is 8.82. The average Bonchev–Trinajstić information content (AvgIpc) is 2.57. The quantitative estimate of drug-likeness (QED) is 0.691. The molecule has 0 aliphatic rings. The summed E-state index contributed by atoms with van der Waals surface area (Å²) in [4.78, 5) is 2.45. The van der Waals surface area contributed by atoms with Crippen molar-refractivity contribution in [2.45, 2.75) is 51.5 Å². The third-order valence-electron chi connectivity index (χ3n) is 4.92. The first-order chi connectivity index (χ1) is 12.9. The third-order valence-corrected chi connectivity index (χ3v) is 7.07. The van der Waals surface area contributed by atoms with Crippen molar-refractivity contribution in [2.24, 2.45) is 0 Å². The van der Waals surface area contributed by atoms with Crippen molar-refractivity contribution in [2.75, 3.05) is 27.2 Å². The number of aryl methyl sites for hydroxylation is 2. The van der Waals surface area contributed by atoms with Crippen molar-refractivity contribution in [3.05, 3.63) is 64.7 Å². The molecule has 5 heteroatoms. The molecule has 0 atom stereocenters. The predicted molar refractivity (Wildman–Crippen MR) is 117 cm³/mol. The van der Waals surface area contributed by atoms with E-state index in [1.807, 2.05) is 75.3 Å². The first-order valence-electron chi connectivity index (χ1n) is 9.73. The Balaban J connectivity index is 2.49. The maximum atomic E-state index is 13.7. The summed E-state index contributed by atoms with van der Waals surface area (Å²) < 4.78 is 28.9. The molecule has 0 bridgehead atoms. The highest BCUT2D eigenvalue weighted by Gasteiger charge is 2.29. The van der Waals surface area contributed by atoms with E-state index < -0.39 is 10.0 Å². The van der Waals surface area contributed by atoms with Gasteiger partial charge in [-0.1, -0.05) is 63.2 Å². The van der Waals surface area contributed by atoms with E-state index in [1.165, 1.54) is 0 Å². The van der Waals surface area contributed by atoms with Crippen LogP contribution in [0.2, 0.25) is 0 Å². The van der Waals surface area contributed by atoms with Crippen LogP contribution in [0.1, 0.15) is 43.0 Å². The van der Waals surface area contributed by atoms with Crippen molar-refractivity contribution in [1.29, 1.82) is 0 Å². The molecule has 0 unspecified atom stereocenters. The molecule has 0 N–H and O–H groups in total. The lowest BCUT2D eigenvalue weighted by atomic mass is 9.85. The van der Waals surface area contributed by atoms with Gasteiger partial charge in [0, 0.05) is 19.6 Å². The number of nitrogens with zero attached hydrogens (tertiary/aromatic N) is 2. The zero-order valence-corrected chi connectivity index (χ0v) is 19.1. The van der Waals surface area contributed by atoms with Gasteiger partial charge in [-0.3, -0.25) is 0 Å². The van der Waals surface area contributed by atoms with Gasteiger partial charge in [0.15, 0.2) is 0 Å². The fraction of sp³-hybridized carbons (Fsp3) is 0.478. The van der Waals surface area contributed by atoms with Crippen LogP contribution < -0.4 is 0 Å². The SMILES string of the molecule is Cc1cc(C(C)(C)C)cc(C)c1S(=O)(=O)N(CCN(C)C)Cc1ccccc1. The summed E-state index contributed by atoms with van der Waals surface area (Å²) in [5, 5.41) is 0. The molecular weight excluding hydrogens is 368 g/mol. The fourth-order valence-electron chi connectivity index (χ4n) is 3.30. The Morgan fingerprint density at radius 1 is 0.893 bits per heavy atom. The van der Waals surface area contributed by atoms with E-state index >= 15 is 0 Å². The Morgan fingerprint density at radius 2 is 1.43 bits per heavy atom. The van der Waals surface area contributed by atoms with Gasteiger partial charge in [0.25, 0.3) is 0 Å². The average molecular weight is 403 g/mol. The van der Waals surface area contributed by atoms with Gasteiger partial charge in [-0.2, -0.15) is 4.31 Å². The Labute approximate surface area is 171 Å². The van der Waals surface area contributed by atoms with Gasteiger partial charge in [-0.05, 0) is 55.6 Å². The molecule has 154 valence electrons. The molecule has 0 heterocycles. The minimum atomic E-state index is -3.61. The summed E-state index contributed by atoms with van der Waals surface area (Å²) in [6, 6.07) is 13.8. The lowest BCUT2D eigenvalue weighted by Gasteiger charge is -2.27. The summed E-state index contributed by atoms with van der Waals surface area (Å²) in [5.41, 5.74) is 3.75. The Kier molecular flexibility index (Phi) is 7.07. The van der Waals surface area contributed by atoms with Crippen LogP contribution in [-0.2, 0) is 22.0 Å². The number of hydrogen-bond acceptors (Lipinski definition) is 3. The van der Waals surface area contributed by atoms with E-state index in [-0.39, 0.29) is 5.41 Å². The number of benzene rings is 2. The first kappa shape index (κ1) is 22.6. The number of sulfonamides is 1. The van der Waals surface area contributed by atoms with Crippen LogP contribution in [0.25, 0.3) is 0 Å². The fourth-order valence-corrected chi connectivity index (χ4v) is 5.13. The predicted octanol–water partition coefficient (Wildman–Crippen LogP) is 4.35. The lowest BCUT2D eigenvalue weighted by Crippen LogP contribution is -2.37. The number of hydrogen-bond donors (Lipinski definition) is 0. The van der Waals surface area contributed by atoms with Gasteiger partial charge in [-0.15, -0.1) is 0 Å². The van der Waals surface area contributed by atoms with E-state index in [2.05, 4.69) is 20.8 Å². The van der Waals surface area contributed by atoms with Crippen molar-refractivity contribution in [3.8, 4) is 0 Å². The van der Waals surface area contributed by atoms with E-state index in [1.54, 1.807) is 4.31 Å². The highest BCUT2D eigenvalue weighted by atomic mass is 32.2. The maximum Gasteiger partial charge on any atom is 0.243 e. The van der Waals surface area contributed by atoms with Crippen molar-refractivity contribution in [1.82, 2.24) is 9.21 Å². The normalized spacial score (nSPS) is 12.8. The minimum Gasteiger partial charge on any atom is -0.308 e. The molecule has 0 saturated carbocycles. The van der Waals surface area contributed by atoms with Crippen LogP contribution in [0, 0.1) is 13.8 Å². The van der Waals surface area contributed by atoms with Gasteiger partial charge in [0.05, 0.1) is 4.90 Å². The number of likely N-dealkylation sites (N-methyl/N-ethyl adjacent to an activating group) is 1. The van der Waals surface area contributed by atoms with Crippen LogP contribution >= 0.6 is 0 Å². The number of rotatable bonds is 7. The molecule has 0 fully saturated rings. The van der Waals surface area contributed by atoms with Crippen LogP contribution in [0.15, 0.2) is 47.4 Å². The Bertz CT molecular complexity index is 875. The molecule has 0 saturated heterocycles. The summed E-state index contributed by atoms with van der Waals surface area (Å²) in [6.45, 7) is 11.7. The third kappa shape index (κ3) is 5.43. The monoisotopic (exact) mass is 402 g/mol. The topological polar surface area (TPSA) is 40.6 Å². The maximum absolute atomic E-state index is 13.7. The van der Waals surface area contributed by atoms with Crippen molar-refractivity contribution >= 4 is 10.0 Å². The molecule has 2 aromatic carbocycles. The molecule has 4 nitrogen and oxygen atoms in total. The van der Waals surface area contributed by atoms with E-state index in [0.29, 0.717) is 24.5 Å². The zero-order chi connectivity index (χ0) is 21.1. The molecule has 0 amide bonds. The van der Waals surface area contributed by atoms with Crippen LogP contribution in [-0.4, -0.2) is 44.8 Å². The highest BCUT2D eigenvalue weighted by molar-refractivity contribution is 7.89. The van der Waals surface area contributed by atoms with Crippen LogP contribution in [0.4, 0.5) is 0 Å². The largest absolute Gasteiger partial charge is 0.308 e. The zero-order valence-electron chi connectivity index (χ0n) is 18.3. The van der Waals surface area contributed by atoms with Gasteiger partial charge < -0.3 is 4.90 Å². The molecule has 0 aromatic heterocycles. The highest BCUT2D eigenvalue weighted by Crippen LogP contribution is 2.31. The molecule has 0 radical (unpaired) electrons. The van der Waals surface area contributed by atoms with Gasteiger partial charge in [0.2, 0.25) is 10.0 Å². The summed E-state index contributed by atoms with van der Waals surface area (Å²) in [7, 11) is 0.309. The molecule has 0 spiro atoms. The van der Waals surface area contributed by atoms with Gasteiger partial charge >= 0.3 is 0 Å². The van der Waals surface area contributed by atoms with Gasteiger partial charge in [-0.25, -0.2) is 8.42 Å². The molecule has 2 aromatic rings. The van der Waals surface area contributed by atoms with E-state index in [4.69, 9.17) is 0 Å². The summed E-state index contributed by atoms with van der Waals surface area (Å²) in [5.74, 6) is 0. The minimum absolute atomic E-state index is 0.0214. The Hall–Kier alpha value is -1.69. The molecule has 0 aliphatic carbocycles. The molecule has 2 rings (SSSR count).